The zero-order chi connectivity index (χ0) is 13.2. The second kappa shape index (κ2) is 5.35. The van der Waals surface area contributed by atoms with E-state index in [1.54, 1.807) is 6.20 Å². The van der Waals surface area contributed by atoms with E-state index >= 15 is 0 Å². The summed E-state index contributed by atoms with van der Waals surface area (Å²) in [4.78, 5) is 15.4. The van der Waals surface area contributed by atoms with E-state index in [4.69, 9.17) is 4.74 Å². The fourth-order valence-electron chi connectivity index (χ4n) is 2.39. The molecule has 0 unspecified atom stereocenters. The third-order valence-electron chi connectivity index (χ3n) is 3.44. The Morgan fingerprint density at radius 2 is 2.16 bits per heavy atom. The summed E-state index contributed by atoms with van der Waals surface area (Å²) < 4.78 is 6.27. The Hall–Kier alpha value is -1.33. The minimum atomic E-state index is -0.0174. The molecule has 4 nitrogen and oxygen atoms in total. The Morgan fingerprint density at radius 3 is 2.95 bits per heavy atom. The zero-order valence-corrected chi connectivity index (χ0v) is 12.0. The van der Waals surface area contributed by atoms with Crippen LogP contribution in [0.2, 0.25) is 0 Å². The molecule has 1 aromatic heterocycles. The van der Waals surface area contributed by atoms with E-state index in [2.05, 4.69) is 26.2 Å². The Morgan fingerprint density at radius 1 is 1.37 bits per heavy atom. The molecule has 1 aliphatic rings. The molecule has 2 N–H and O–H groups in total. The maximum Gasteiger partial charge on any atom is 0.253 e. The molecule has 3 rings (SSSR count). The van der Waals surface area contributed by atoms with E-state index in [9.17, 15) is 4.79 Å². The molecule has 0 spiro atoms. The molecule has 1 aromatic carbocycles. The van der Waals surface area contributed by atoms with Crippen LogP contribution in [0.15, 0.2) is 28.9 Å². The summed E-state index contributed by atoms with van der Waals surface area (Å²) in [6.07, 6.45) is 3.54. The molecule has 1 saturated heterocycles. The van der Waals surface area contributed by atoms with Crippen LogP contribution in [-0.4, -0.2) is 30.1 Å². The van der Waals surface area contributed by atoms with Gasteiger partial charge in [0.05, 0.1) is 5.56 Å². The van der Waals surface area contributed by atoms with Gasteiger partial charge in [-0.3, -0.25) is 4.79 Å². The molecule has 2 aromatic rings. The van der Waals surface area contributed by atoms with Gasteiger partial charge >= 0.3 is 0 Å². The smallest absolute Gasteiger partial charge is 0.253 e. The van der Waals surface area contributed by atoms with E-state index in [0.717, 1.165) is 41.4 Å². The summed E-state index contributed by atoms with van der Waals surface area (Å²) in [6, 6.07) is 6.10. The van der Waals surface area contributed by atoms with Crippen LogP contribution in [0.5, 0.6) is 0 Å². The lowest BCUT2D eigenvalue weighted by Crippen LogP contribution is -2.38. The van der Waals surface area contributed by atoms with Gasteiger partial charge in [0.1, 0.15) is 0 Å². The summed E-state index contributed by atoms with van der Waals surface area (Å²) in [7, 11) is 0. The topological polar surface area (TPSA) is 54.1 Å². The Kier molecular flexibility index (Phi) is 3.57. The van der Waals surface area contributed by atoms with Crippen molar-refractivity contribution in [2.45, 2.75) is 18.9 Å². The average Bonchev–Trinajstić information content (AvgIpc) is 2.82. The number of amides is 1. The molecule has 0 saturated carbocycles. The molecular formula is C14H15BrN2O2. The molecule has 0 aliphatic carbocycles. The Labute approximate surface area is 119 Å². The van der Waals surface area contributed by atoms with E-state index in [0.29, 0.717) is 5.56 Å². The number of hydrogen-bond acceptors (Lipinski definition) is 2. The van der Waals surface area contributed by atoms with Gasteiger partial charge in [0, 0.05) is 40.8 Å². The summed E-state index contributed by atoms with van der Waals surface area (Å²) >= 11 is 3.44. The number of fused-ring (bicyclic) bond motifs is 1. The highest BCUT2D eigenvalue weighted by molar-refractivity contribution is 9.10. The van der Waals surface area contributed by atoms with Crippen molar-refractivity contribution in [1.82, 2.24) is 10.3 Å². The molecule has 100 valence electrons. The predicted molar refractivity (Wildman–Crippen MR) is 77.3 cm³/mol. The standard InChI is InChI=1S/C14H15BrN2O2/c15-9-1-2-13-11(7-9)12(8-16-13)14(18)17-10-3-5-19-6-4-10/h1-2,7-8,10,16H,3-6H2,(H,17,18). The van der Waals surface area contributed by atoms with E-state index in [1.165, 1.54) is 0 Å². The summed E-state index contributed by atoms with van der Waals surface area (Å²) in [5.41, 5.74) is 1.67. The lowest BCUT2D eigenvalue weighted by molar-refractivity contribution is 0.0697. The molecule has 0 radical (unpaired) electrons. The van der Waals surface area contributed by atoms with Crippen molar-refractivity contribution in [3.63, 3.8) is 0 Å². The lowest BCUT2D eigenvalue weighted by Gasteiger charge is -2.22. The average molecular weight is 323 g/mol. The summed E-state index contributed by atoms with van der Waals surface area (Å²) in [6.45, 7) is 1.45. The predicted octanol–water partition coefficient (Wildman–Crippen LogP) is 2.84. The van der Waals surface area contributed by atoms with Crippen LogP contribution in [0, 0.1) is 0 Å². The Balaban J connectivity index is 1.82. The zero-order valence-electron chi connectivity index (χ0n) is 10.4. The normalized spacial score (nSPS) is 16.7. The van der Waals surface area contributed by atoms with Crippen molar-refractivity contribution in [3.8, 4) is 0 Å². The first-order chi connectivity index (χ1) is 9.24. The van der Waals surface area contributed by atoms with Crippen LogP contribution < -0.4 is 5.32 Å². The van der Waals surface area contributed by atoms with Crippen LogP contribution in [0.3, 0.4) is 0 Å². The highest BCUT2D eigenvalue weighted by Gasteiger charge is 2.19. The van der Waals surface area contributed by atoms with E-state index in [1.807, 2.05) is 18.2 Å². The SMILES string of the molecule is O=C(NC1CCOCC1)c1c[nH]c2ccc(Br)cc12. The fraction of sp³-hybridized carbons (Fsp3) is 0.357. The van der Waals surface area contributed by atoms with Gasteiger partial charge in [-0.25, -0.2) is 0 Å². The largest absolute Gasteiger partial charge is 0.381 e. The number of ether oxygens (including phenoxy) is 1. The van der Waals surface area contributed by atoms with E-state index < -0.39 is 0 Å². The fourth-order valence-corrected chi connectivity index (χ4v) is 2.75. The second-order valence-electron chi connectivity index (χ2n) is 4.75. The van der Waals surface area contributed by atoms with Crippen molar-refractivity contribution in [3.05, 3.63) is 34.4 Å². The van der Waals surface area contributed by atoms with Gasteiger partial charge in [-0.15, -0.1) is 0 Å². The van der Waals surface area contributed by atoms with Crippen molar-refractivity contribution >= 4 is 32.7 Å². The van der Waals surface area contributed by atoms with Gasteiger partial charge in [0.25, 0.3) is 5.91 Å². The molecule has 0 bridgehead atoms. The van der Waals surface area contributed by atoms with Gasteiger partial charge in [-0.1, -0.05) is 15.9 Å². The number of H-pyrrole nitrogens is 1. The highest BCUT2D eigenvalue weighted by Crippen LogP contribution is 2.23. The minimum absolute atomic E-state index is 0.0174. The molecule has 1 aliphatic heterocycles. The summed E-state index contributed by atoms with van der Waals surface area (Å²) in [5.74, 6) is -0.0174. The lowest BCUT2D eigenvalue weighted by atomic mass is 10.1. The van der Waals surface area contributed by atoms with Crippen LogP contribution in [0.4, 0.5) is 0 Å². The van der Waals surface area contributed by atoms with Crippen molar-refractivity contribution in [2.75, 3.05) is 13.2 Å². The third-order valence-corrected chi connectivity index (χ3v) is 3.94. The number of nitrogens with one attached hydrogen (secondary N) is 2. The molecule has 0 atom stereocenters. The maximum atomic E-state index is 12.3. The number of hydrogen-bond donors (Lipinski definition) is 2. The van der Waals surface area contributed by atoms with Crippen molar-refractivity contribution in [2.24, 2.45) is 0 Å². The maximum absolute atomic E-state index is 12.3. The molecule has 1 fully saturated rings. The highest BCUT2D eigenvalue weighted by atomic mass is 79.9. The van der Waals surface area contributed by atoms with Gasteiger partial charge in [-0.05, 0) is 31.0 Å². The summed E-state index contributed by atoms with van der Waals surface area (Å²) in [5, 5.41) is 4.02. The Bertz CT molecular complexity index is 603. The minimum Gasteiger partial charge on any atom is -0.381 e. The van der Waals surface area contributed by atoms with Crippen LogP contribution in [0.1, 0.15) is 23.2 Å². The van der Waals surface area contributed by atoms with E-state index in [-0.39, 0.29) is 11.9 Å². The number of carbonyl (C=O) groups is 1. The number of carbonyl (C=O) groups excluding carboxylic acids is 1. The first-order valence-corrected chi connectivity index (χ1v) is 7.18. The number of aromatic amines is 1. The third kappa shape index (κ3) is 2.67. The number of aromatic nitrogens is 1. The van der Waals surface area contributed by atoms with Gasteiger partial charge < -0.3 is 15.0 Å². The van der Waals surface area contributed by atoms with Gasteiger partial charge in [0.15, 0.2) is 0 Å². The number of halogens is 1. The molecule has 1 amide bonds. The first-order valence-electron chi connectivity index (χ1n) is 6.39. The van der Waals surface area contributed by atoms with Crippen LogP contribution in [0.25, 0.3) is 10.9 Å². The number of benzene rings is 1. The van der Waals surface area contributed by atoms with Crippen molar-refractivity contribution in [1.29, 1.82) is 0 Å². The van der Waals surface area contributed by atoms with Gasteiger partial charge in [-0.2, -0.15) is 0 Å². The molecule has 2 heterocycles. The van der Waals surface area contributed by atoms with Gasteiger partial charge in [0.2, 0.25) is 0 Å². The molecule has 19 heavy (non-hydrogen) atoms. The first kappa shape index (κ1) is 12.7. The number of rotatable bonds is 2. The van der Waals surface area contributed by atoms with Crippen LogP contribution in [-0.2, 0) is 4.74 Å². The van der Waals surface area contributed by atoms with Crippen LogP contribution >= 0.6 is 15.9 Å². The van der Waals surface area contributed by atoms with Crippen molar-refractivity contribution < 1.29 is 9.53 Å². The molecular weight excluding hydrogens is 308 g/mol. The monoisotopic (exact) mass is 322 g/mol. The quantitative estimate of drug-likeness (QED) is 0.893. The second-order valence-corrected chi connectivity index (χ2v) is 5.67. The molecule has 5 heteroatoms.